The van der Waals surface area contributed by atoms with Crippen LogP contribution < -0.4 is 5.32 Å². The SMILES string of the molecule is COCC(C)N1C(=O)NC(=O)C(C2CCCC2)C1=O. The normalized spacial score (nSPS) is 26.7. The highest BCUT2D eigenvalue weighted by Crippen LogP contribution is 2.34. The van der Waals surface area contributed by atoms with Crippen molar-refractivity contribution in [1.29, 1.82) is 0 Å². The van der Waals surface area contributed by atoms with E-state index in [1.807, 2.05) is 0 Å². The van der Waals surface area contributed by atoms with Crippen LogP contribution in [0.4, 0.5) is 4.79 Å². The molecule has 0 radical (unpaired) electrons. The number of ether oxygens (including phenoxy) is 1. The van der Waals surface area contributed by atoms with E-state index in [1.165, 1.54) is 7.11 Å². The first-order valence-electron chi connectivity index (χ1n) is 6.73. The minimum atomic E-state index is -0.709. The summed E-state index contributed by atoms with van der Waals surface area (Å²) in [4.78, 5) is 37.3. The van der Waals surface area contributed by atoms with Crippen molar-refractivity contribution < 1.29 is 19.1 Å². The Labute approximate surface area is 112 Å². The van der Waals surface area contributed by atoms with Gasteiger partial charge in [-0.25, -0.2) is 4.79 Å². The molecular weight excluding hydrogens is 248 g/mol. The van der Waals surface area contributed by atoms with Crippen molar-refractivity contribution in [2.45, 2.75) is 38.6 Å². The highest BCUT2D eigenvalue weighted by molar-refractivity contribution is 6.16. The molecule has 19 heavy (non-hydrogen) atoms. The number of barbiturate groups is 1. The summed E-state index contributed by atoms with van der Waals surface area (Å²) in [7, 11) is 1.52. The van der Waals surface area contributed by atoms with Crippen molar-refractivity contribution in [2.75, 3.05) is 13.7 Å². The monoisotopic (exact) mass is 268 g/mol. The lowest BCUT2D eigenvalue weighted by atomic mass is 9.87. The lowest BCUT2D eigenvalue weighted by Crippen LogP contribution is -2.62. The number of hydrogen-bond donors (Lipinski definition) is 1. The minimum Gasteiger partial charge on any atom is -0.383 e. The van der Waals surface area contributed by atoms with Gasteiger partial charge in [-0.1, -0.05) is 12.8 Å². The fraction of sp³-hybridized carbons (Fsp3) is 0.769. The van der Waals surface area contributed by atoms with Gasteiger partial charge in [-0.3, -0.25) is 19.8 Å². The van der Waals surface area contributed by atoms with Gasteiger partial charge in [-0.2, -0.15) is 0 Å². The third-order valence-corrected chi connectivity index (χ3v) is 3.95. The standard InChI is InChI=1S/C13H20N2O4/c1-8(7-19-2)15-12(17)10(9-5-3-4-6-9)11(16)14-13(15)18/h8-10H,3-7H2,1-2H3,(H,14,16,18). The highest BCUT2D eigenvalue weighted by Gasteiger charge is 2.46. The van der Waals surface area contributed by atoms with Crippen molar-refractivity contribution in [3.05, 3.63) is 0 Å². The molecule has 0 aromatic carbocycles. The summed E-state index contributed by atoms with van der Waals surface area (Å²) in [5.74, 6) is -1.45. The van der Waals surface area contributed by atoms with Crippen molar-refractivity contribution in [3.8, 4) is 0 Å². The van der Waals surface area contributed by atoms with E-state index < -0.39 is 17.9 Å². The second-order valence-corrected chi connectivity index (χ2v) is 5.33. The van der Waals surface area contributed by atoms with Gasteiger partial charge in [0.15, 0.2) is 0 Å². The molecule has 106 valence electrons. The Kier molecular flexibility index (Phi) is 4.19. The van der Waals surface area contributed by atoms with E-state index in [0.29, 0.717) is 0 Å². The number of carbonyl (C=O) groups is 3. The Hall–Kier alpha value is -1.43. The van der Waals surface area contributed by atoms with E-state index in [2.05, 4.69) is 5.32 Å². The van der Waals surface area contributed by atoms with Gasteiger partial charge in [0.1, 0.15) is 5.92 Å². The summed E-state index contributed by atoms with van der Waals surface area (Å²) in [6, 6.07) is -0.997. The topological polar surface area (TPSA) is 75.7 Å². The molecule has 1 aliphatic heterocycles. The Morgan fingerprint density at radius 1 is 1.32 bits per heavy atom. The first-order valence-corrected chi connectivity index (χ1v) is 6.73. The van der Waals surface area contributed by atoms with Crippen LogP contribution >= 0.6 is 0 Å². The molecular formula is C13H20N2O4. The average molecular weight is 268 g/mol. The Balaban J connectivity index is 2.18. The van der Waals surface area contributed by atoms with Gasteiger partial charge in [0, 0.05) is 7.11 Å². The summed E-state index contributed by atoms with van der Waals surface area (Å²) < 4.78 is 4.98. The molecule has 6 heteroatoms. The average Bonchev–Trinajstić information content (AvgIpc) is 2.82. The highest BCUT2D eigenvalue weighted by atomic mass is 16.5. The van der Waals surface area contributed by atoms with Crippen LogP contribution in [0.15, 0.2) is 0 Å². The third kappa shape index (κ3) is 2.63. The molecule has 4 amide bonds. The maximum atomic E-state index is 12.4. The second-order valence-electron chi connectivity index (χ2n) is 5.33. The van der Waals surface area contributed by atoms with Gasteiger partial charge in [-0.15, -0.1) is 0 Å². The molecule has 0 aromatic heterocycles. The quantitative estimate of drug-likeness (QED) is 0.769. The van der Waals surface area contributed by atoms with Crippen LogP contribution in [0.5, 0.6) is 0 Å². The predicted molar refractivity (Wildman–Crippen MR) is 67.2 cm³/mol. The molecule has 0 aromatic rings. The number of rotatable bonds is 4. The zero-order valence-electron chi connectivity index (χ0n) is 11.3. The maximum absolute atomic E-state index is 12.4. The van der Waals surface area contributed by atoms with Crippen LogP contribution in [0.1, 0.15) is 32.6 Å². The Bertz CT molecular complexity index is 390. The van der Waals surface area contributed by atoms with Crippen molar-refractivity contribution in [2.24, 2.45) is 11.8 Å². The second kappa shape index (κ2) is 5.69. The molecule has 2 rings (SSSR count). The van der Waals surface area contributed by atoms with Gasteiger partial charge in [-0.05, 0) is 25.7 Å². The molecule has 1 saturated heterocycles. The molecule has 2 fully saturated rings. The molecule has 1 heterocycles. The van der Waals surface area contributed by atoms with Crippen LogP contribution in [0.2, 0.25) is 0 Å². The molecule has 1 aliphatic carbocycles. The fourth-order valence-corrected chi connectivity index (χ4v) is 3.04. The number of carbonyl (C=O) groups excluding carboxylic acids is 3. The van der Waals surface area contributed by atoms with Gasteiger partial charge in [0.25, 0.3) is 0 Å². The van der Waals surface area contributed by atoms with Crippen molar-refractivity contribution in [3.63, 3.8) is 0 Å². The summed E-state index contributed by atoms with van der Waals surface area (Å²) in [6.07, 6.45) is 3.85. The molecule has 1 N–H and O–H groups in total. The number of methoxy groups -OCH3 is 1. The van der Waals surface area contributed by atoms with E-state index in [1.54, 1.807) is 6.92 Å². The number of nitrogens with zero attached hydrogens (tertiary/aromatic N) is 1. The Morgan fingerprint density at radius 2 is 1.95 bits per heavy atom. The van der Waals surface area contributed by atoms with Crippen LogP contribution in [-0.2, 0) is 14.3 Å². The van der Waals surface area contributed by atoms with Crippen LogP contribution in [0.3, 0.4) is 0 Å². The minimum absolute atomic E-state index is 0.0674. The number of hydrogen-bond acceptors (Lipinski definition) is 4. The first-order chi connectivity index (χ1) is 9.06. The lowest BCUT2D eigenvalue weighted by Gasteiger charge is -2.35. The van der Waals surface area contributed by atoms with Crippen molar-refractivity contribution in [1.82, 2.24) is 10.2 Å². The number of nitrogens with one attached hydrogen (secondary N) is 1. The lowest BCUT2D eigenvalue weighted by molar-refractivity contribution is -0.146. The zero-order valence-corrected chi connectivity index (χ0v) is 11.3. The van der Waals surface area contributed by atoms with Crippen molar-refractivity contribution >= 4 is 17.8 Å². The molecule has 2 unspecified atom stereocenters. The summed E-state index contributed by atoms with van der Waals surface area (Å²) >= 11 is 0. The van der Waals surface area contributed by atoms with E-state index in [-0.39, 0.29) is 24.5 Å². The molecule has 2 aliphatic rings. The summed E-state index contributed by atoms with van der Waals surface area (Å²) in [5, 5.41) is 2.30. The fourth-order valence-electron chi connectivity index (χ4n) is 3.04. The van der Waals surface area contributed by atoms with Crippen LogP contribution in [0, 0.1) is 11.8 Å². The van der Waals surface area contributed by atoms with Gasteiger partial charge in [0.2, 0.25) is 11.8 Å². The maximum Gasteiger partial charge on any atom is 0.331 e. The molecule has 1 saturated carbocycles. The zero-order chi connectivity index (χ0) is 14.0. The largest absolute Gasteiger partial charge is 0.383 e. The number of amides is 4. The van der Waals surface area contributed by atoms with E-state index in [9.17, 15) is 14.4 Å². The molecule has 0 spiro atoms. The summed E-state index contributed by atoms with van der Waals surface area (Å²) in [5.41, 5.74) is 0. The van der Waals surface area contributed by atoms with Gasteiger partial charge >= 0.3 is 6.03 Å². The number of urea groups is 1. The van der Waals surface area contributed by atoms with Crippen LogP contribution in [-0.4, -0.2) is 42.5 Å². The van der Waals surface area contributed by atoms with E-state index in [0.717, 1.165) is 30.6 Å². The van der Waals surface area contributed by atoms with E-state index >= 15 is 0 Å². The third-order valence-electron chi connectivity index (χ3n) is 3.95. The smallest absolute Gasteiger partial charge is 0.331 e. The molecule has 2 atom stereocenters. The summed E-state index contributed by atoms with van der Waals surface area (Å²) in [6.45, 7) is 2.01. The Morgan fingerprint density at radius 3 is 2.53 bits per heavy atom. The molecule has 6 nitrogen and oxygen atoms in total. The predicted octanol–water partition coefficient (Wildman–Crippen LogP) is 0.906. The number of imide groups is 2. The van der Waals surface area contributed by atoms with Gasteiger partial charge in [0.05, 0.1) is 12.6 Å². The molecule has 0 bridgehead atoms. The first kappa shape index (κ1) is 14.0. The van der Waals surface area contributed by atoms with Gasteiger partial charge < -0.3 is 4.74 Å². The van der Waals surface area contributed by atoms with Crippen LogP contribution in [0.25, 0.3) is 0 Å². The van der Waals surface area contributed by atoms with E-state index in [4.69, 9.17) is 4.74 Å².